The van der Waals surface area contributed by atoms with Crippen molar-refractivity contribution in [1.29, 1.82) is 0 Å². The molecule has 0 aliphatic rings. The zero-order valence-electron chi connectivity index (χ0n) is 14.0. The van der Waals surface area contributed by atoms with Gasteiger partial charge in [0.15, 0.2) is 0 Å². The molecule has 1 N–H and O–H groups in total. The second kappa shape index (κ2) is 8.09. The highest BCUT2D eigenvalue weighted by Crippen LogP contribution is 2.29. The lowest BCUT2D eigenvalue weighted by atomic mass is 9.99. The van der Waals surface area contributed by atoms with Crippen LogP contribution in [0.2, 0.25) is 0 Å². The van der Waals surface area contributed by atoms with E-state index in [2.05, 4.69) is 71.1 Å². The SMILES string of the molecule is CCCNC(CSC(C)(C)C)c1ccc(C(C)C)cc1. The fourth-order valence-electron chi connectivity index (χ4n) is 2.04. The van der Waals surface area contributed by atoms with E-state index >= 15 is 0 Å². The second-order valence-corrected chi connectivity index (χ2v) is 8.60. The average molecular weight is 294 g/mol. The third-order valence-corrected chi connectivity index (χ3v) is 4.70. The maximum Gasteiger partial charge on any atom is 0.0412 e. The third kappa shape index (κ3) is 6.32. The Morgan fingerprint density at radius 3 is 2.05 bits per heavy atom. The maximum absolute atomic E-state index is 3.69. The van der Waals surface area contributed by atoms with Crippen LogP contribution in [-0.2, 0) is 0 Å². The van der Waals surface area contributed by atoms with Gasteiger partial charge in [0.25, 0.3) is 0 Å². The standard InChI is InChI=1S/C18H31NS/c1-7-12-19-17(13-20-18(4,5)6)16-10-8-15(9-11-16)14(2)3/h8-11,14,17,19H,7,12-13H2,1-6H3. The summed E-state index contributed by atoms with van der Waals surface area (Å²) in [6.07, 6.45) is 1.18. The first kappa shape index (κ1) is 17.6. The summed E-state index contributed by atoms with van der Waals surface area (Å²) < 4.78 is 0.323. The molecular weight excluding hydrogens is 262 g/mol. The van der Waals surface area contributed by atoms with Crippen LogP contribution in [-0.4, -0.2) is 17.0 Å². The fraction of sp³-hybridized carbons (Fsp3) is 0.667. The van der Waals surface area contributed by atoms with Crippen LogP contribution in [0.25, 0.3) is 0 Å². The summed E-state index contributed by atoms with van der Waals surface area (Å²) in [7, 11) is 0. The number of thioether (sulfide) groups is 1. The Balaban J connectivity index is 2.75. The fourth-order valence-corrected chi connectivity index (χ4v) is 3.02. The third-order valence-electron chi connectivity index (χ3n) is 3.33. The van der Waals surface area contributed by atoms with Gasteiger partial charge in [-0.05, 0) is 30.0 Å². The van der Waals surface area contributed by atoms with E-state index in [4.69, 9.17) is 0 Å². The topological polar surface area (TPSA) is 12.0 Å². The molecule has 1 atom stereocenters. The van der Waals surface area contributed by atoms with Crippen molar-refractivity contribution in [3.63, 3.8) is 0 Å². The van der Waals surface area contributed by atoms with Crippen molar-refractivity contribution in [2.24, 2.45) is 0 Å². The number of hydrogen-bond donors (Lipinski definition) is 1. The summed E-state index contributed by atoms with van der Waals surface area (Å²) in [4.78, 5) is 0. The molecule has 1 rings (SSSR count). The molecular formula is C18H31NS. The Morgan fingerprint density at radius 1 is 1.05 bits per heavy atom. The van der Waals surface area contributed by atoms with E-state index < -0.39 is 0 Å². The first-order valence-electron chi connectivity index (χ1n) is 7.80. The molecule has 1 nitrogen and oxygen atoms in total. The molecule has 0 aliphatic carbocycles. The zero-order valence-corrected chi connectivity index (χ0v) is 14.8. The molecule has 0 heterocycles. The van der Waals surface area contributed by atoms with Gasteiger partial charge in [0, 0.05) is 16.5 Å². The number of nitrogens with one attached hydrogen (secondary N) is 1. The molecule has 0 aromatic heterocycles. The van der Waals surface area contributed by atoms with Gasteiger partial charge in [0.2, 0.25) is 0 Å². The summed E-state index contributed by atoms with van der Waals surface area (Å²) in [5.74, 6) is 1.74. The monoisotopic (exact) mass is 293 g/mol. The van der Waals surface area contributed by atoms with Crippen LogP contribution in [0.5, 0.6) is 0 Å². The minimum absolute atomic E-state index is 0.323. The van der Waals surface area contributed by atoms with Crippen molar-refractivity contribution in [3.05, 3.63) is 35.4 Å². The van der Waals surface area contributed by atoms with Crippen LogP contribution in [0.4, 0.5) is 0 Å². The summed E-state index contributed by atoms with van der Waals surface area (Å²) in [6.45, 7) is 14.7. The van der Waals surface area contributed by atoms with Crippen LogP contribution in [0, 0.1) is 0 Å². The Morgan fingerprint density at radius 2 is 1.60 bits per heavy atom. The maximum atomic E-state index is 3.69. The molecule has 114 valence electrons. The highest BCUT2D eigenvalue weighted by Gasteiger charge is 2.17. The van der Waals surface area contributed by atoms with E-state index in [-0.39, 0.29) is 0 Å². The zero-order chi connectivity index (χ0) is 15.2. The molecule has 2 heteroatoms. The molecule has 0 bridgehead atoms. The summed E-state index contributed by atoms with van der Waals surface area (Å²) >= 11 is 2.03. The van der Waals surface area contributed by atoms with Crippen LogP contribution in [0.3, 0.4) is 0 Å². The highest BCUT2D eigenvalue weighted by atomic mass is 32.2. The molecule has 0 aliphatic heterocycles. The van der Waals surface area contributed by atoms with Crippen molar-refractivity contribution >= 4 is 11.8 Å². The van der Waals surface area contributed by atoms with Gasteiger partial charge in [0.05, 0.1) is 0 Å². The lowest BCUT2D eigenvalue weighted by Crippen LogP contribution is -2.26. The van der Waals surface area contributed by atoms with Gasteiger partial charge in [-0.2, -0.15) is 11.8 Å². The Hall–Kier alpha value is -0.470. The first-order chi connectivity index (χ1) is 9.33. The molecule has 0 radical (unpaired) electrons. The number of benzene rings is 1. The Bertz CT molecular complexity index is 375. The molecule has 0 fully saturated rings. The van der Waals surface area contributed by atoms with Crippen LogP contribution in [0.15, 0.2) is 24.3 Å². The molecule has 1 aromatic rings. The van der Waals surface area contributed by atoms with Crippen molar-refractivity contribution in [2.75, 3.05) is 12.3 Å². The predicted octanol–water partition coefficient (Wildman–Crippen LogP) is 5.38. The van der Waals surface area contributed by atoms with E-state index in [9.17, 15) is 0 Å². The molecule has 0 saturated heterocycles. The van der Waals surface area contributed by atoms with Crippen molar-refractivity contribution in [1.82, 2.24) is 5.32 Å². The highest BCUT2D eigenvalue weighted by molar-refractivity contribution is 8.00. The average Bonchev–Trinajstić information content (AvgIpc) is 2.38. The lowest BCUT2D eigenvalue weighted by molar-refractivity contribution is 0.575. The summed E-state index contributed by atoms with van der Waals surface area (Å²) in [5.41, 5.74) is 2.84. The molecule has 0 saturated carbocycles. The van der Waals surface area contributed by atoms with E-state index in [1.807, 2.05) is 11.8 Å². The molecule has 0 amide bonds. The van der Waals surface area contributed by atoms with E-state index in [0.29, 0.717) is 16.7 Å². The molecule has 1 unspecified atom stereocenters. The van der Waals surface area contributed by atoms with E-state index in [1.54, 1.807) is 0 Å². The minimum Gasteiger partial charge on any atom is -0.309 e. The lowest BCUT2D eigenvalue weighted by Gasteiger charge is -2.24. The Kier molecular flexibility index (Phi) is 7.11. The van der Waals surface area contributed by atoms with Gasteiger partial charge < -0.3 is 5.32 Å². The van der Waals surface area contributed by atoms with Gasteiger partial charge in [-0.1, -0.05) is 65.8 Å². The molecule has 20 heavy (non-hydrogen) atoms. The number of rotatable bonds is 7. The number of hydrogen-bond acceptors (Lipinski definition) is 2. The second-order valence-electron chi connectivity index (χ2n) is 6.75. The van der Waals surface area contributed by atoms with Gasteiger partial charge in [0.1, 0.15) is 0 Å². The normalized spacial score (nSPS) is 13.8. The van der Waals surface area contributed by atoms with Crippen LogP contribution >= 0.6 is 11.8 Å². The quantitative estimate of drug-likeness (QED) is 0.724. The predicted molar refractivity (Wildman–Crippen MR) is 93.8 cm³/mol. The largest absolute Gasteiger partial charge is 0.309 e. The summed E-state index contributed by atoms with van der Waals surface area (Å²) in [6, 6.07) is 9.61. The Labute approximate surface area is 129 Å². The van der Waals surface area contributed by atoms with E-state index in [1.165, 1.54) is 17.5 Å². The van der Waals surface area contributed by atoms with Crippen molar-refractivity contribution in [2.45, 2.75) is 64.7 Å². The smallest absolute Gasteiger partial charge is 0.0412 e. The van der Waals surface area contributed by atoms with Crippen molar-refractivity contribution < 1.29 is 0 Å². The summed E-state index contributed by atoms with van der Waals surface area (Å²) in [5, 5.41) is 3.69. The molecule has 0 spiro atoms. The minimum atomic E-state index is 0.323. The van der Waals surface area contributed by atoms with Gasteiger partial charge in [-0.25, -0.2) is 0 Å². The van der Waals surface area contributed by atoms with Gasteiger partial charge in [-0.15, -0.1) is 0 Å². The van der Waals surface area contributed by atoms with Gasteiger partial charge >= 0.3 is 0 Å². The van der Waals surface area contributed by atoms with Crippen LogP contribution < -0.4 is 5.32 Å². The van der Waals surface area contributed by atoms with Gasteiger partial charge in [-0.3, -0.25) is 0 Å². The van der Waals surface area contributed by atoms with Crippen molar-refractivity contribution in [3.8, 4) is 0 Å². The first-order valence-corrected chi connectivity index (χ1v) is 8.79. The molecule has 1 aromatic carbocycles. The van der Waals surface area contributed by atoms with E-state index in [0.717, 1.165) is 12.3 Å². The van der Waals surface area contributed by atoms with Crippen LogP contribution in [0.1, 0.15) is 71.0 Å².